The highest BCUT2D eigenvalue weighted by molar-refractivity contribution is 5.84. The van der Waals surface area contributed by atoms with E-state index in [9.17, 15) is 14.4 Å². The fourth-order valence-corrected chi connectivity index (χ4v) is 5.29. The summed E-state index contributed by atoms with van der Waals surface area (Å²) >= 11 is 0. The molecule has 3 amide bonds. The molecule has 3 aliphatic rings. The number of likely N-dealkylation sites (tertiary alicyclic amines) is 1. The first-order valence-electron chi connectivity index (χ1n) is 12.9. The summed E-state index contributed by atoms with van der Waals surface area (Å²) in [5.41, 5.74) is 0.879. The third-order valence-electron chi connectivity index (χ3n) is 7.38. The van der Waals surface area contributed by atoms with Gasteiger partial charge in [0.05, 0.1) is 0 Å². The average Bonchev–Trinajstić information content (AvgIpc) is 3.36. The highest BCUT2D eigenvalue weighted by atomic mass is 16.5. The first-order valence-corrected chi connectivity index (χ1v) is 12.9. The van der Waals surface area contributed by atoms with Crippen LogP contribution in [-0.4, -0.2) is 84.8 Å². The molecule has 2 fully saturated rings. The first kappa shape index (κ1) is 25.2. The number of nitrogens with zero attached hydrogens (tertiary/aromatic N) is 3. The van der Waals surface area contributed by atoms with Crippen LogP contribution < -0.4 is 10.1 Å². The quantitative estimate of drug-likeness (QED) is 0.650. The Morgan fingerprint density at radius 3 is 2.71 bits per heavy atom. The van der Waals surface area contributed by atoms with Crippen LogP contribution in [0.15, 0.2) is 36.4 Å². The third-order valence-corrected chi connectivity index (χ3v) is 7.38. The molecule has 0 saturated carbocycles. The molecule has 1 aromatic rings. The first-order chi connectivity index (χ1) is 17.0. The fourth-order valence-electron chi connectivity index (χ4n) is 5.29. The van der Waals surface area contributed by atoms with E-state index in [-0.39, 0.29) is 36.1 Å². The molecule has 190 valence electrons. The molecule has 2 bridgehead atoms. The van der Waals surface area contributed by atoms with Gasteiger partial charge in [0.2, 0.25) is 17.7 Å². The topological polar surface area (TPSA) is 82.2 Å². The molecule has 0 unspecified atom stereocenters. The lowest BCUT2D eigenvalue weighted by Crippen LogP contribution is -2.48. The van der Waals surface area contributed by atoms with Gasteiger partial charge in [-0.3, -0.25) is 14.4 Å². The van der Waals surface area contributed by atoms with Crippen LogP contribution in [0, 0.1) is 11.8 Å². The van der Waals surface area contributed by atoms with E-state index in [0.717, 1.165) is 31.6 Å². The summed E-state index contributed by atoms with van der Waals surface area (Å²) in [7, 11) is 0. The zero-order valence-corrected chi connectivity index (χ0v) is 20.8. The molecule has 0 aromatic heterocycles. The van der Waals surface area contributed by atoms with E-state index < -0.39 is 0 Å². The smallest absolute Gasteiger partial charge is 0.242 e. The molecule has 3 heterocycles. The van der Waals surface area contributed by atoms with E-state index >= 15 is 0 Å². The van der Waals surface area contributed by atoms with E-state index in [1.165, 1.54) is 19.8 Å². The zero-order chi connectivity index (χ0) is 24.6. The number of piperidine rings is 1. The molecule has 1 aromatic carbocycles. The minimum atomic E-state index is -0.141. The third kappa shape index (κ3) is 7.07. The summed E-state index contributed by atoms with van der Waals surface area (Å²) in [5.74, 6) is 0.847. The molecule has 8 nitrogen and oxygen atoms in total. The summed E-state index contributed by atoms with van der Waals surface area (Å²) in [6.07, 6.45) is 7.82. The molecule has 1 N–H and O–H groups in total. The van der Waals surface area contributed by atoms with Crippen molar-refractivity contribution < 1.29 is 19.1 Å². The van der Waals surface area contributed by atoms with Crippen LogP contribution in [0.5, 0.6) is 5.75 Å². The maximum atomic E-state index is 13.1. The molecule has 0 aliphatic carbocycles. The Balaban J connectivity index is 1.41. The lowest BCUT2D eigenvalue weighted by atomic mass is 9.82. The normalized spacial score (nSPS) is 23.5. The summed E-state index contributed by atoms with van der Waals surface area (Å²) < 4.78 is 6.00. The van der Waals surface area contributed by atoms with Crippen molar-refractivity contribution in [2.45, 2.75) is 39.2 Å². The number of ether oxygens (including phenoxy) is 1. The molecule has 0 radical (unpaired) electrons. The maximum absolute atomic E-state index is 13.1. The van der Waals surface area contributed by atoms with Gasteiger partial charge in [0.25, 0.3) is 0 Å². The summed E-state index contributed by atoms with van der Waals surface area (Å²) in [5, 5.41) is 3.09. The highest BCUT2D eigenvalue weighted by Gasteiger charge is 2.32. The molecular formula is C27H38N4O4. The predicted molar refractivity (Wildman–Crippen MR) is 134 cm³/mol. The van der Waals surface area contributed by atoms with E-state index in [2.05, 4.69) is 16.3 Å². The standard InChI is InChI=1S/C27H38N4O4/c1-21(32)31-19-24-7-2-3-9-25(24)35-16-6-8-23-18-30(27(34)20-31)14-10-22(23)17-26(33)28-11-15-29-12-4-5-13-29/h2-3,6-9,22-23H,4-5,10-20H2,1H3,(H,28,33)/t22-,23-/m0/s1. The Hall–Kier alpha value is -2.87. The number of carbonyl (C=O) groups excluding carboxylic acids is 3. The number of hydrogen-bond donors (Lipinski definition) is 1. The van der Waals surface area contributed by atoms with Crippen LogP contribution in [-0.2, 0) is 20.9 Å². The van der Waals surface area contributed by atoms with Gasteiger partial charge in [0.15, 0.2) is 0 Å². The number of benzene rings is 1. The number of carbonyl (C=O) groups is 3. The summed E-state index contributed by atoms with van der Waals surface area (Å²) in [4.78, 5) is 44.0. The van der Waals surface area contributed by atoms with Gasteiger partial charge < -0.3 is 24.8 Å². The Morgan fingerprint density at radius 1 is 1.11 bits per heavy atom. The number of nitrogens with one attached hydrogen (secondary N) is 1. The molecular weight excluding hydrogens is 444 g/mol. The van der Waals surface area contributed by atoms with Crippen molar-refractivity contribution >= 4 is 17.7 Å². The number of hydrogen-bond acceptors (Lipinski definition) is 5. The van der Waals surface area contributed by atoms with Crippen molar-refractivity contribution in [3.8, 4) is 5.75 Å². The van der Waals surface area contributed by atoms with Gasteiger partial charge in [0, 0.05) is 51.6 Å². The van der Waals surface area contributed by atoms with E-state index in [4.69, 9.17) is 4.74 Å². The lowest BCUT2D eigenvalue weighted by Gasteiger charge is -2.38. The second-order valence-corrected chi connectivity index (χ2v) is 9.88. The number of para-hydroxylation sites is 1. The van der Waals surface area contributed by atoms with Gasteiger partial charge >= 0.3 is 0 Å². The SMILES string of the molecule is CC(=O)N1CC(=O)N2CC[C@@H](CC(=O)NCCN3CCCC3)[C@@H](C=CCOc3ccccc3C1)C2. The van der Waals surface area contributed by atoms with Crippen molar-refractivity contribution in [3.63, 3.8) is 0 Å². The summed E-state index contributed by atoms with van der Waals surface area (Å²) in [6.45, 7) is 7.28. The van der Waals surface area contributed by atoms with Crippen LogP contribution in [0.3, 0.4) is 0 Å². The van der Waals surface area contributed by atoms with Gasteiger partial charge in [-0.1, -0.05) is 30.4 Å². The Morgan fingerprint density at radius 2 is 1.91 bits per heavy atom. The van der Waals surface area contributed by atoms with Crippen molar-refractivity contribution in [2.75, 3.05) is 52.4 Å². The summed E-state index contributed by atoms with van der Waals surface area (Å²) in [6, 6.07) is 7.63. The lowest BCUT2D eigenvalue weighted by molar-refractivity contribution is -0.141. The van der Waals surface area contributed by atoms with Crippen LogP contribution in [0.25, 0.3) is 0 Å². The Bertz CT molecular complexity index is 928. The molecule has 35 heavy (non-hydrogen) atoms. The second kappa shape index (κ2) is 12.2. The number of rotatable bonds is 5. The molecule has 2 atom stereocenters. The van der Waals surface area contributed by atoms with Crippen molar-refractivity contribution in [1.29, 1.82) is 0 Å². The van der Waals surface area contributed by atoms with Crippen LogP contribution in [0.4, 0.5) is 0 Å². The minimum Gasteiger partial charge on any atom is -0.489 e. The fraction of sp³-hybridized carbons (Fsp3) is 0.593. The molecule has 0 spiro atoms. The minimum absolute atomic E-state index is 0.0434. The maximum Gasteiger partial charge on any atom is 0.242 e. The van der Waals surface area contributed by atoms with E-state index in [1.807, 2.05) is 35.2 Å². The molecule has 8 heteroatoms. The van der Waals surface area contributed by atoms with Gasteiger partial charge in [-0.2, -0.15) is 0 Å². The Kier molecular flexibility index (Phi) is 8.79. The van der Waals surface area contributed by atoms with Crippen LogP contribution in [0.1, 0.15) is 38.2 Å². The molecule has 3 aliphatic heterocycles. The monoisotopic (exact) mass is 482 g/mol. The highest BCUT2D eigenvalue weighted by Crippen LogP contribution is 2.29. The van der Waals surface area contributed by atoms with Gasteiger partial charge in [-0.05, 0) is 50.3 Å². The molecule has 4 rings (SSSR count). The van der Waals surface area contributed by atoms with Gasteiger partial charge in [-0.25, -0.2) is 0 Å². The predicted octanol–water partition coefficient (Wildman–Crippen LogP) is 2.05. The van der Waals surface area contributed by atoms with Crippen molar-refractivity contribution in [1.82, 2.24) is 20.0 Å². The zero-order valence-electron chi connectivity index (χ0n) is 20.8. The van der Waals surface area contributed by atoms with E-state index in [1.54, 1.807) is 4.90 Å². The average molecular weight is 483 g/mol. The largest absolute Gasteiger partial charge is 0.489 e. The number of fused-ring (bicyclic) bond motifs is 3. The molecule has 2 saturated heterocycles. The van der Waals surface area contributed by atoms with E-state index in [0.29, 0.717) is 45.0 Å². The van der Waals surface area contributed by atoms with Crippen molar-refractivity contribution in [2.24, 2.45) is 11.8 Å². The van der Waals surface area contributed by atoms with Gasteiger partial charge in [0.1, 0.15) is 18.9 Å². The Labute approximate surface area is 208 Å². The van der Waals surface area contributed by atoms with Crippen molar-refractivity contribution in [3.05, 3.63) is 42.0 Å². The second-order valence-electron chi connectivity index (χ2n) is 9.88. The number of amides is 3. The van der Waals surface area contributed by atoms with Crippen LogP contribution in [0.2, 0.25) is 0 Å². The van der Waals surface area contributed by atoms with Crippen LogP contribution >= 0.6 is 0 Å². The van der Waals surface area contributed by atoms with Gasteiger partial charge in [-0.15, -0.1) is 0 Å².